The molecule has 0 saturated heterocycles. The highest BCUT2D eigenvalue weighted by atomic mass is 19.3. The van der Waals surface area contributed by atoms with Gasteiger partial charge in [0.25, 0.3) is 6.43 Å². The Hall–Kier alpha value is -1.50. The Labute approximate surface area is 97.0 Å². The van der Waals surface area contributed by atoms with Crippen molar-refractivity contribution in [3.63, 3.8) is 0 Å². The SMILES string of the molecule is CC(=O)n1nc(OC[C@H](C)CO)cc1C(F)F. The lowest BCUT2D eigenvalue weighted by molar-refractivity contribution is 0.0873. The van der Waals surface area contributed by atoms with E-state index in [1.54, 1.807) is 6.92 Å². The summed E-state index contributed by atoms with van der Waals surface area (Å²) in [6, 6.07) is 1.02. The first kappa shape index (κ1) is 13.6. The topological polar surface area (TPSA) is 64.4 Å². The van der Waals surface area contributed by atoms with Crippen LogP contribution in [0, 0.1) is 5.92 Å². The first-order valence-corrected chi connectivity index (χ1v) is 5.08. The standard InChI is InChI=1S/C10H14F2N2O3/c1-6(4-15)5-17-9-3-8(10(11)12)14(13-9)7(2)16/h3,6,10,15H,4-5H2,1-2H3/t6-/m1/s1. The fourth-order valence-electron chi connectivity index (χ4n) is 1.13. The zero-order valence-electron chi connectivity index (χ0n) is 9.56. The van der Waals surface area contributed by atoms with Crippen molar-refractivity contribution >= 4 is 5.91 Å². The first-order valence-electron chi connectivity index (χ1n) is 5.08. The number of aromatic nitrogens is 2. The van der Waals surface area contributed by atoms with Gasteiger partial charge in [-0.2, -0.15) is 4.68 Å². The van der Waals surface area contributed by atoms with Gasteiger partial charge in [0.15, 0.2) is 0 Å². The van der Waals surface area contributed by atoms with Crippen molar-refractivity contribution < 1.29 is 23.4 Å². The van der Waals surface area contributed by atoms with E-state index < -0.39 is 18.0 Å². The third-order valence-corrected chi connectivity index (χ3v) is 2.06. The average Bonchev–Trinajstić information content (AvgIpc) is 2.70. The van der Waals surface area contributed by atoms with Crippen molar-refractivity contribution in [3.8, 4) is 5.88 Å². The summed E-state index contributed by atoms with van der Waals surface area (Å²) in [5.74, 6) is -0.784. The van der Waals surface area contributed by atoms with Crippen LogP contribution < -0.4 is 4.74 Å². The Morgan fingerprint density at radius 3 is 2.71 bits per heavy atom. The Kier molecular flexibility index (Phi) is 4.56. The summed E-state index contributed by atoms with van der Waals surface area (Å²) in [5, 5.41) is 12.4. The van der Waals surface area contributed by atoms with Crippen molar-refractivity contribution in [1.29, 1.82) is 0 Å². The molecule has 0 aliphatic carbocycles. The first-order chi connectivity index (χ1) is 7.95. The molecule has 5 nitrogen and oxygen atoms in total. The van der Waals surface area contributed by atoms with Gasteiger partial charge in [-0.1, -0.05) is 6.92 Å². The second-order valence-corrected chi connectivity index (χ2v) is 3.74. The van der Waals surface area contributed by atoms with E-state index in [9.17, 15) is 13.6 Å². The minimum Gasteiger partial charge on any atom is -0.476 e. The van der Waals surface area contributed by atoms with E-state index in [1.165, 1.54) is 0 Å². The molecule has 1 rings (SSSR count). The van der Waals surface area contributed by atoms with Gasteiger partial charge >= 0.3 is 0 Å². The number of ether oxygens (including phenoxy) is 1. The summed E-state index contributed by atoms with van der Waals surface area (Å²) in [6.07, 6.45) is -2.79. The molecule has 1 aromatic heterocycles. The Morgan fingerprint density at radius 2 is 2.29 bits per heavy atom. The molecule has 0 saturated carbocycles. The van der Waals surface area contributed by atoms with Gasteiger partial charge in [-0.05, 0) is 0 Å². The van der Waals surface area contributed by atoms with Crippen LogP contribution in [0.1, 0.15) is 30.8 Å². The molecule has 0 bridgehead atoms. The zero-order valence-corrected chi connectivity index (χ0v) is 9.56. The summed E-state index contributed by atoms with van der Waals surface area (Å²) in [5.41, 5.74) is -0.496. The lowest BCUT2D eigenvalue weighted by Gasteiger charge is -2.07. The van der Waals surface area contributed by atoms with Crippen LogP contribution in [-0.4, -0.2) is 34.0 Å². The van der Waals surface area contributed by atoms with Gasteiger partial charge in [0.05, 0.1) is 6.61 Å². The fraction of sp³-hybridized carbons (Fsp3) is 0.600. The van der Waals surface area contributed by atoms with Gasteiger partial charge in [-0.25, -0.2) is 8.78 Å². The third kappa shape index (κ3) is 3.48. The van der Waals surface area contributed by atoms with Crippen LogP contribution in [0.15, 0.2) is 6.07 Å². The summed E-state index contributed by atoms with van der Waals surface area (Å²) < 4.78 is 30.8. The summed E-state index contributed by atoms with van der Waals surface area (Å²) in [4.78, 5) is 11.0. The molecule has 1 atom stereocenters. The smallest absolute Gasteiger partial charge is 0.280 e. The molecule has 0 unspecified atom stereocenters. The number of rotatable bonds is 5. The summed E-state index contributed by atoms with van der Waals surface area (Å²) in [7, 11) is 0. The minimum atomic E-state index is -2.79. The number of halogens is 2. The molecular formula is C10H14F2N2O3. The average molecular weight is 248 g/mol. The van der Waals surface area contributed by atoms with Gasteiger partial charge in [-0.15, -0.1) is 5.10 Å². The van der Waals surface area contributed by atoms with Crippen LogP contribution in [-0.2, 0) is 0 Å². The maximum absolute atomic E-state index is 12.6. The van der Waals surface area contributed by atoms with Crippen molar-refractivity contribution in [2.24, 2.45) is 5.92 Å². The van der Waals surface area contributed by atoms with Crippen LogP contribution in [0.5, 0.6) is 5.88 Å². The Balaban J connectivity index is 2.81. The molecule has 1 heterocycles. The quantitative estimate of drug-likeness (QED) is 0.857. The number of nitrogens with zero attached hydrogens (tertiary/aromatic N) is 2. The zero-order chi connectivity index (χ0) is 13.0. The van der Waals surface area contributed by atoms with Crippen LogP contribution in [0.3, 0.4) is 0 Å². The lowest BCUT2D eigenvalue weighted by atomic mass is 10.2. The number of hydrogen-bond donors (Lipinski definition) is 1. The van der Waals surface area contributed by atoms with Crippen molar-refractivity contribution in [2.45, 2.75) is 20.3 Å². The predicted molar refractivity (Wildman–Crippen MR) is 55.2 cm³/mol. The monoisotopic (exact) mass is 248 g/mol. The molecule has 0 radical (unpaired) electrons. The minimum absolute atomic E-state index is 0.0456. The second kappa shape index (κ2) is 5.72. The summed E-state index contributed by atoms with van der Waals surface area (Å²) >= 11 is 0. The second-order valence-electron chi connectivity index (χ2n) is 3.74. The molecule has 96 valence electrons. The number of alkyl halides is 2. The maximum Gasteiger partial charge on any atom is 0.280 e. The van der Waals surface area contributed by atoms with Crippen LogP contribution in [0.25, 0.3) is 0 Å². The molecule has 0 fully saturated rings. The largest absolute Gasteiger partial charge is 0.476 e. The predicted octanol–water partition coefficient (Wildman–Crippen LogP) is 1.49. The van der Waals surface area contributed by atoms with Gasteiger partial charge in [0.1, 0.15) is 5.69 Å². The van der Waals surface area contributed by atoms with Crippen molar-refractivity contribution in [3.05, 3.63) is 11.8 Å². The number of carbonyl (C=O) groups excluding carboxylic acids is 1. The van der Waals surface area contributed by atoms with E-state index in [-0.39, 0.29) is 25.0 Å². The van der Waals surface area contributed by atoms with Crippen LogP contribution >= 0.6 is 0 Å². The van der Waals surface area contributed by atoms with E-state index >= 15 is 0 Å². The van der Waals surface area contributed by atoms with Crippen LogP contribution in [0.4, 0.5) is 8.78 Å². The fourth-order valence-corrected chi connectivity index (χ4v) is 1.13. The highest BCUT2D eigenvalue weighted by Crippen LogP contribution is 2.23. The molecule has 0 spiro atoms. The molecule has 0 aliphatic heterocycles. The van der Waals surface area contributed by atoms with Gasteiger partial charge in [0, 0.05) is 25.5 Å². The highest BCUT2D eigenvalue weighted by molar-refractivity contribution is 5.76. The summed E-state index contributed by atoms with van der Waals surface area (Å²) in [6.45, 7) is 2.94. The van der Waals surface area contributed by atoms with Gasteiger partial charge < -0.3 is 9.84 Å². The van der Waals surface area contributed by atoms with Gasteiger partial charge in [-0.3, -0.25) is 4.79 Å². The molecule has 0 amide bonds. The maximum atomic E-state index is 12.6. The normalized spacial score (nSPS) is 12.8. The molecular weight excluding hydrogens is 234 g/mol. The Morgan fingerprint density at radius 1 is 1.65 bits per heavy atom. The number of hydrogen-bond acceptors (Lipinski definition) is 4. The number of carbonyl (C=O) groups is 1. The molecule has 1 aromatic rings. The third-order valence-electron chi connectivity index (χ3n) is 2.06. The highest BCUT2D eigenvalue weighted by Gasteiger charge is 2.20. The van der Waals surface area contributed by atoms with Crippen molar-refractivity contribution in [2.75, 3.05) is 13.2 Å². The molecule has 0 aliphatic rings. The van der Waals surface area contributed by atoms with E-state index in [0.29, 0.717) is 4.68 Å². The number of aliphatic hydroxyl groups excluding tert-OH is 1. The van der Waals surface area contributed by atoms with E-state index in [4.69, 9.17) is 9.84 Å². The lowest BCUT2D eigenvalue weighted by Crippen LogP contribution is -2.14. The molecule has 17 heavy (non-hydrogen) atoms. The molecule has 1 N–H and O–H groups in total. The van der Waals surface area contributed by atoms with E-state index in [1.807, 2.05) is 0 Å². The van der Waals surface area contributed by atoms with Gasteiger partial charge in [0.2, 0.25) is 11.8 Å². The van der Waals surface area contributed by atoms with Crippen LogP contribution in [0.2, 0.25) is 0 Å². The van der Waals surface area contributed by atoms with Crippen molar-refractivity contribution in [1.82, 2.24) is 9.78 Å². The van der Waals surface area contributed by atoms with E-state index in [2.05, 4.69) is 5.10 Å². The number of aliphatic hydroxyl groups is 1. The molecule has 7 heteroatoms. The Bertz CT molecular complexity index is 393. The van der Waals surface area contributed by atoms with E-state index in [0.717, 1.165) is 13.0 Å². The molecule has 0 aromatic carbocycles.